The van der Waals surface area contributed by atoms with Gasteiger partial charge in [-0.1, -0.05) is 0 Å². The minimum Gasteiger partial charge on any atom is -0.508 e. The zero-order valence-electron chi connectivity index (χ0n) is 8.07. The Hall–Kier alpha value is -1.22. The summed E-state index contributed by atoms with van der Waals surface area (Å²) in [5, 5.41) is 12.4. The van der Waals surface area contributed by atoms with Crippen LogP contribution in [-0.2, 0) is 0 Å². The largest absolute Gasteiger partial charge is 0.508 e. The van der Waals surface area contributed by atoms with Gasteiger partial charge in [-0.3, -0.25) is 0 Å². The number of hydrogen-bond acceptors (Lipinski definition) is 3. The third-order valence-corrected chi connectivity index (χ3v) is 2.48. The maximum atomic E-state index is 9.07. The minimum absolute atomic E-state index is 0.278. The van der Waals surface area contributed by atoms with Gasteiger partial charge in [0, 0.05) is 12.5 Å². The number of ether oxygens (including phenoxy) is 1. The van der Waals surface area contributed by atoms with Gasteiger partial charge in [0.15, 0.2) is 0 Å². The summed E-state index contributed by atoms with van der Waals surface area (Å²) >= 11 is 0. The molecule has 1 atom stereocenters. The Morgan fingerprint density at radius 3 is 2.79 bits per heavy atom. The molecule has 0 aliphatic carbocycles. The number of aromatic hydroxyl groups is 1. The number of hydrogen-bond donors (Lipinski definition) is 2. The van der Waals surface area contributed by atoms with Crippen LogP contribution >= 0.6 is 0 Å². The van der Waals surface area contributed by atoms with Crippen molar-refractivity contribution in [2.24, 2.45) is 5.92 Å². The van der Waals surface area contributed by atoms with Crippen LogP contribution in [0.2, 0.25) is 0 Å². The first-order valence-electron chi connectivity index (χ1n) is 4.97. The Morgan fingerprint density at radius 2 is 2.14 bits per heavy atom. The van der Waals surface area contributed by atoms with Gasteiger partial charge in [-0.2, -0.15) is 0 Å². The molecule has 0 unspecified atom stereocenters. The van der Waals surface area contributed by atoms with Gasteiger partial charge in [0.1, 0.15) is 11.5 Å². The molecular weight excluding hydrogens is 178 g/mol. The summed E-state index contributed by atoms with van der Waals surface area (Å²) in [6, 6.07) is 6.86. The molecule has 0 aromatic heterocycles. The van der Waals surface area contributed by atoms with E-state index in [1.807, 2.05) is 0 Å². The molecule has 1 fully saturated rings. The summed E-state index contributed by atoms with van der Waals surface area (Å²) in [4.78, 5) is 0. The molecule has 14 heavy (non-hydrogen) atoms. The molecule has 2 rings (SSSR count). The van der Waals surface area contributed by atoms with Gasteiger partial charge in [0.2, 0.25) is 0 Å². The summed E-state index contributed by atoms with van der Waals surface area (Å²) < 4.78 is 5.59. The fourth-order valence-electron chi connectivity index (χ4n) is 1.61. The molecule has 3 heteroatoms. The number of phenols is 1. The lowest BCUT2D eigenvalue weighted by Crippen LogP contribution is -2.15. The lowest BCUT2D eigenvalue weighted by atomic mass is 10.1. The third kappa shape index (κ3) is 2.39. The van der Waals surface area contributed by atoms with Crippen molar-refractivity contribution in [3.63, 3.8) is 0 Å². The maximum absolute atomic E-state index is 9.07. The standard InChI is InChI=1S/C11H15NO2/c13-10-1-3-11(4-2-10)14-8-9-5-6-12-7-9/h1-4,9,12-13H,5-8H2/t9-/m1/s1. The van der Waals surface area contributed by atoms with Gasteiger partial charge >= 0.3 is 0 Å². The second-order valence-electron chi connectivity index (χ2n) is 3.66. The van der Waals surface area contributed by atoms with E-state index in [2.05, 4.69) is 5.32 Å². The second-order valence-corrected chi connectivity index (χ2v) is 3.66. The third-order valence-electron chi connectivity index (χ3n) is 2.48. The Morgan fingerprint density at radius 1 is 1.36 bits per heavy atom. The molecule has 0 bridgehead atoms. The molecule has 0 radical (unpaired) electrons. The molecule has 0 saturated carbocycles. The monoisotopic (exact) mass is 193 g/mol. The molecule has 3 nitrogen and oxygen atoms in total. The molecule has 1 aromatic carbocycles. The zero-order chi connectivity index (χ0) is 9.80. The Labute approximate surface area is 83.7 Å². The van der Waals surface area contributed by atoms with Crippen molar-refractivity contribution in [3.05, 3.63) is 24.3 Å². The first kappa shape index (κ1) is 9.34. The minimum atomic E-state index is 0.278. The van der Waals surface area contributed by atoms with Crippen molar-refractivity contribution in [1.29, 1.82) is 0 Å². The van der Waals surface area contributed by atoms with E-state index in [0.29, 0.717) is 5.92 Å². The summed E-state index contributed by atoms with van der Waals surface area (Å²) in [6.45, 7) is 2.92. The fourth-order valence-corrected chi connectivity index (χ4v) is 1.61. The van der Waals surface area contributed by atoms with Gasteiger partial charge in [-0.15, -0.1) is 0 Å². The molecule has 1 heterocycles. The summed E-state index contributed by atoms with van der Waals surface area (Å²) in [5.74, 6) is 1.73. The number of rotatable bonds is 3. The van der Waals surface area contributed by atoms with E-state index in [0.717, 1.165) is 25.4 Å². The van der Waals surface area contributed by atoms with E-state index in [1.54, 1.807) is 24.3 Å². The second kappa shape index (κ2) is 4.33. The molecule has 76 valence electrons. The van der Waals surface area contributed by atoms with Crippen LogP contribution in [0.5, 0.6) is 11.5 Å². The highest BCUT2D eigenvalue weighted by Gasteiger charge is 2.14. The predicted octanol–water partition coefficient (Wildman–Crippen LogP) is 1.38. The van der Waals surface area contributed by atoms with Crippen molar-refractivity contribution >= 4 is 0 Å². The molecule has 0 spiro atoms. The molecule has 1 aromatic rings. The zero-order valence-corrected chi connectivity index (χ0v) is 8.07. The first-order valence-corrected chi connectivity index (χ1v) is 4.97. The van der Waals surface area contributed by atoms with E-state index in [9.17, 15) is 0 Å². The molecule has 1 aliphatic heterocycles. The lowest BCUT2D eigenvalue weighted by Gasteiger charge is -2.10. The summed E-state index contributed by atoms with van der Waals surface area (Å²) in [5.41, 5.74) is 0. The number of benzene rings is 1. The average molecular weight is 193 g/mol. The van der Waals surface area contributed by atoms with Crippen molar-refractivity contribution < 1.29 is 9.84 Å². The van der Waals surface area contributed by atoms with Crippen LogP contribution in [0.15, 0.2) is 24.3 Å². The average Bonchev–Trinajstić information content (AvgIpc) is 2.70. The number of phenolic OH excluding ortho intramolecular Hbond substituents is 1. The molecule has 1 aliphatic rings. The van der Waals surface area contributed by atoms with E-state index >= 15 is 0 Å². The fraction of sp³-hybridized carbons (Fsp3) is 0.455. The highest BCUT2D eigenvalue weighted by molar-refractivity contribution is 5.30. The number of nitrogens with one attached hydrogen (secondary N) is 1. The smallest absolute Gasteiger partial charge is 0.119 e. The summed E-state index contributed by atoms with van der Waals surface area (Å²) in [6.07, 6.45) is 1.19. The molecule has 2 N–H and O–H groups in total. The van der Waals surface area contributed by atoms with Crippen LogP contribution in [0.1, 0.15) is 6.42 Å². The molecule has 1 saturated heterocycles. The Kier molecular flexibility index (Phi) is 2.89. The van der Waals surface area contributed by atoms with Crippen molar-refractivity contribution in [2.75, 3.05) is 19.7 Å². The van der Waals surface area contributed by atoms with Crippen LogP contribution in [0.25, 0.3) is 0 Å². The normalized spacial score (nSPS) is 21.0. The van der Waals surface area contributed by atoms with Gasteiger partial charge < -0.3 is 15.2 Å². The van der Waals surface area contributed by atoms with E-state index in [-0.39, 0.29) is 5.75 Å². The van der Waals surface area contributed by atoms with Crippen LogP contribution in [-0.4, -0.2) is 24.8 Å². The quantitative estimate of drug-likeness (QED) is 0.762. The highest BCUT2D eigenvalue weighted by Crippen LogP contribution is 2.17. The lowest BCUT2D eigenvalue weighted by molar-refractivity contribution is 0.260. The Bertz CT molecular complexity index is 278. The van der Waals surface area contributed by atoms with Crippen molar-refractivity contribution in [1.82, 2.24) is 5.32 Å². The van der Waals surface area contributed by atoms with E-state index in [4.69, 9.17) is 9.84 Å². The van der Waals surface area contributed by atoms with Gasteiger partial charge in [-0.05, 0) is 37.2 Å². The Balaban J connectivity index is 1.82. The van der Waals surface area contributed by atoms with Crippen molar-refractivity contribution in [3.8, 4) is 11.5 Å². The van der Waals surface area contributed by atoms with Gasteiger partial charge in [0.25, 0.3) is 0 Å². The maximum Gasteiger partial charge on any atom is 0.119 e. The van der Waals surface area contributed by atoms with Crippen LogP contribution in [0, 0.1) is 5.92 Å². The van der Waals surface area contributed by atoms with Crippen LogP contribution < -0.4 is 10.1 Å². The highest BCUT2D eigenvalue weighted by atomic mass is 16.5. The van der Waals surface area contributed by atoms with E-state index < -0.39 is 0 Å². The van der Waals surface area contributed by atoms with Crippen LogP contribution in [0.3, 0.4) is 0 Å². The molecule has 0 amide bonds. The van der Waals surface area contributed by atoms with E-state index in [1.165, 1.54) is 6.42 Å². The van der Waals surface area contributed by atoms with Gasteiger partial charge in [-0.25, -0.2) is 0 Å². The van der Waals surface area contributed by atoms with Gasteiger partial charge in [0.05, 0.1) is 6.61 Å². The SMILES string of the molecule is Oc1ccc(OC[C@@H]2CCNC2)cc1. The predicted molar refractivity (Wildman–Crippen MR) is 54.6 cm³/mol. The topological polar surface area (TPSA) is 41.5 Å². The van der Waals surface area contributed by atoms with Crippen LogP contribution in [0.4, 0.5) is 0 Å². The molecular formula is C11H15NO2. The summed E-state index contributed by atoms with van der Waals surface area (Å²) in [7, 11) is 0. The first-order chi connectivity index (χ1) is 6.84. The van der Waals surface area contributed by atoms with Crippen molar-refractivity contribution in [2.45, 2.75) is 6.42 Å².